The first-order chi connectivity index (χ1) is 9.61. The number of hydrogen-bond acceptors (Lipinski definition) is 3. The van der Waals surface area contributed by atoms with Gasteiger partial charge < -0.3 is 0 Å². The molecule has 0 aliphatic rings. The molecule has 0 bridgehead atoms. The van der Waals surface area contributed by atoms with Gasteiger partial charge in [0.05, 0.1) is 6.04 Å². The first-order valence-corrected chi connectivity index (χ1v) is 7.93. The standard InChI is InChI=1S/C16H18ClNOS/c1-3-18(11-15-8-5-9-20-15)12(2)16(19)13-6-4-7-14(17)10-13/h4-10,12H,3,11H2,1-2H3. The van der Waals surface area contributed by atoms with E-state index in [2.05, 4.69) is 23.3 Å². The number of nitrogens with zero attached hydrogens (tertiary/aromatic N) is 1. The summed E-state index contributed by atoms with van der Waals surface area (Å²) in [6, 6.07) is 11.1. The molecule has 4 heteroatoms. The van der Waals surface area contributed by atoms with Crippen molar-refractivity contribution >= 4 is 28.7 Å². The zero-order valence-corrected chi connectivity index (χ0v) is 13.2. The second-order valence-electron chi connectivity index (χ2n) is 4.69. The summed E-state index contributed by atoms with van der Waals surface area (Å²) in [6.07, 6.45) is 0. The SMILES string of the molecule is CCN(Cc1cccs1)C(C)C(=O)c1cccc(Cl)c1. The van der Waals surface area contributed by atoms with Crippen LogP contribution in [0.3, 0.4) is 0 Å². The number of thiophene rings is 1. The molecule has 2 aromatic rings. The zero-order valence-electron chi connectivity index (χ0n) is 11.7. The quantitative estimate of drug-likeness (QED) is 0.733. The Balaban J connectivity index is 2.11. The summed E-state index contributed by atoms with van der Waals surface area (Å²) in [7, 11) is 0. The molecule has 1 unspecified atom stereocenters. The van der Waals surface area contributed by atoms with Crippen molar-refractivity contribution in [2.75, 3.05) is 6.54 Å². The Kier molecular flexibility index (Phi) is 5.35. The molecule has 1 aromatic carbocycles. The second kappa shape index (κ2) is 7.02. The maximum atomic E-state index is 12.5. The molecule has 0 N–H and O–H groups in total. The molecule has 1 aromatic heterocycles. The van der Waals surface area contributed by atoms with Crippen LogP contribution in [0.1, 0.15) is 29.1 Å². The topological polar surface area (TPSA) is 20.3 Å². The molecule has 0 spiro atoms. The van der Waals surface area contributed by atoms with Gasteiger partial charge in [-0.15, -0.1) is 11.3 Å². The number of benzene rings is 1. The Morgan fingerprint density at radius 2 is 2.15 bits per heavy atom. The predicted molar refractivity (Wildman–Crippen MR) is 85.6 cm³/mol. The van der Waals surface area contributed by atoms with Gasteiger partial charge in [0, 0.05) is 22.0 Å². The maximum Gasteiger partial charge on any atom is 0.179 e. The summed E-state index contributed by atoms with van der Waals surface area (Å²) >= 11 is 7.68. The third-order valence-electron chi connectivity index (χ3n) is 3.38. The number of Topliss-reactive ketones (excluding diaryl/α,β-unsaturated/α-hetero) is 1. The third kappa shape index (κ3) is 3.69. The number of halogens is 1. The highest BCUT2D eigenvalue weighted by Gasteiger charge is 2.21. The minimum absolute atomic E-state index is 0.117. The van der Waals surface area contributed by atoms with Gasteiger partial charge in [-0.2, -0.15) is 0 Å². The van der Waals surface area contributed by atoms with Crippen molar-refractivity contribution in [3.05, 3.63) is 57.2 Å². The van der Waals surface area contributed by atoms with Crippen LogP contribution in [-0.2, 0) is 6.54 Å². The highest BCUT2D eigenvalue weighted by atomic mass is 35.5. The minimum atomic E-state index is -0.152. The average molecular weight is 308 g/mol. The van der Waals surface area contributed by atoms with Gasteiger partial charge in [-0.25, -0.2) is 0 Å². The summed E-state index contributed by atoms with van der Waals surface area (Å²) in [5.74, 6) is 0.117. The van der Waals surface area contributed by atoms with E-state index in [4.69, 9.17) is 11.6 Å². The van der Waals surface area contributed by atoms with Gasteiger partial charge >= 0.3 is 0 Å². The fourth-order valence-corrected chi connectivity index (χ4v) is 3.09. The lowest BCUT2D eigenvalue weighted by Gasteiger charge is -2.26. The first-order valence-electron chi connectivity index (χ1n) is 6.68. The predicted octanol–water partition coefficient (Wildman–Crippen LogP) is 4.49. The Labute approximate surface area is 129 Å². The van der Waals surface area contributed by atoms with Gasteiger partial charge in [-0.05, 0) is 37.0 Å². The van der Waals surface area contributed by atoms with Crippen LogP contribution in [-0.4, -0.2) is 23.3 Å². The molecule has 106 valence electrons. The van der Waals surface area contributed by atoms with Crippen LogP contribution in [0.25, 0.3) is 0 Å². The molecule has 0 fully saturated rings. The Hall–Kier alpha value is -1.16. The molecule has 1 heterocycles. The maximum absolute atomic E-state index is 12.5. The smallest absolute Gasteiger partial charge is 0.179 e. The lowest BCUT2D eigenvalue weighted by atomic mass is 10.0. The lowest BCUT2D eigenvalue weighted by molar-refractivity contribution is 0.0837. The minimum Gasteiger partial charge on any atom is -0.292 e. The Morgan fingerprint density at radius 3 is 2.75 bits per heavy atom. The molecule has 2 nitrogen and oxygen atoms in total. The normalized spacial score (nSPS) is 12.6. The highest BCUT2D eigenvalue weighted by molar-refractivity contribution is 7.09. The summed E-state index contributed by atoms with van der Waals surface area (Å²) in [5.41, 5.74) is 0.676. The van der Waals surface area contributed by atoms with E-state index < -0.39 is 0 Å². The monoisotopic (exact) mass is 307 g/mol. The molecule has 0 aliphatic heterocycles. The summed E-state index contributed by atoms with van der Waals surface area (Å²) in [4.78, 5) is 16.0. The van der Waals surface area contributed by atoms with Crippen LogP contribution < -0.4 is 0 Å². The van der Waals surface area contributed by atoms with Crippen molar-refractivity contribution in [2.45, 2.75) is 26.4 Å². The van der Waals surface area contributed by atoms with E-state index in [0.717, 1.165) is 13.1 Å². The number of likely N-dealkylation sites (N-methyl/N-ethyl adjacent to an activating group) is 1. The van der Waals surface area contributed by atoms with E-state index >= 15 is 0 Å². The molecular formula is C16H18ClNOS. The average Bonchev–Trinajstić information content (AvgIpc) is 2.96. The fraction of sp³-hybridized carbons (Fsp3) is 0.312. The fourth-order valence-electron chi connectivity index (χ4n) is 2.17. The highest BCUT2D eigenvalue weighted by Crippen LogP contribution is 2.18. The van der Waals surface area contributed by atoms with Gasteiger partial charge in [0.1, 0.15) is 0 Å². The molecule has 0 saturated carbocycles. The molecule has 1 atom stereocenters. The van der Waals surface area contributed by atoms with E-state index in [1.807, 2.05) is 25.1 Å². The summed E-state index contributed by atoms with van der Waals surface area (Å²) in [6.45, 7) is 5.68. The molecule has 0 aliphatic carbocycles. The second-order valence-corrected chi connectivity index (χ2v) is 6.16. The van der Waals surface area contributed by atoms with Gasteiger partial charge in [0.25, 0.3) is 0 Å². The molecule has 2 rings (SSSR count). The van der Waals surface area contributed by atoms with Crippen LogP contribution in [0.4, 0.5) is 0 Å². The van der Waals surface area contributed by atoms with E-state index in [1.54, 1.807) is 23.5 Å². The molecule has 0 saturated heterocycles. The van der Waals surface area contributed by atoms with Crippen LogP contribution in [0.2, 0.25) is 5.02 Å². The van der Waals surface area contributed by atoms with Crippen LogP contribution in [0.15, 0.2) is 41.8 Å². The van der Waals surface area contributed by atoms with Gasteiger partial charge in [0.15, 0.2) is 5.78 Å². The van der Waals surface area contributed by atoms with Gasteiger partial charge in [-0.1, -0.05) is 36.7 Å². The molecule has 0 amide bonds. The number of rotatable bonds is 6. The van der Waals surface area contributed by atoms with Crippen molar-refractivity contribution in [3.8, 4) is 0 Å². The van der Waals surface area contributed by atoms with Crippen molar-refractivity contribution in [2.24, 2.45) is 0 Å². The van der Waals surface area contributed by atoms with Crippen molar-refractivity contribution < 1.29 is 4.79 Å². The van der Waals surface area contributed by atoms with E-state index in [0.29, 0.717) is 10.6 Å². The number of carbonyl (C=O) groups excluding carboxylic acids is 1. The molecular weight excluding hydrogens is 290 g/mol. The lowest BCUT2D eigenvalue weighted by Crippen LogP contribution is -2.38. The third-order valence-corrected chi connectivity index (χ3v) is 4.48. The zero-order chi connectivity index (χ0) is 14.5. The summed E-state index contributed by atoms with van der Waals surface area (Å²) in [5, 5.41) is 2.66. The summed E-state index contributed by atoms with van der Waals surface area (Å²) < 4.78 is 0. The van der Waals surface area contributed by atoms with Crippen LogP contribution in [0.5, 0.6) is 0 Å². The Morgan fingerprint density at radius 1 is 1.35 bits per heavy atom. The first kappa shape index (κ1) is 15.2. The van der Waals surface area contributed by atoms with Crippen molar-refractivity contribution in [3.63, 3.8) is 0 Å². The Bertz CT molecular complexity index is 568. The van der Waals surface area contributed by atoms with E-state index in [-0.39, 0.29) is 11.8 Å². The van der Waals surface area contributed by atoms with Gasteiger partial charge in [-0.3, -0.25) is 9.69 Å². The largest absolute Gasteiger partial charge is 0.292 e. The molecule has 0 radical (unpaired) electrons. The van der Waals surface area contributed by atoms with Crippen molar-refractivity contribution in [1.82, 2.24) is 4.90 Å². The van der Waals surface area contributed by atoms with Crippen molar-refractivity contribution in [1.29, 1.82) is 0 Å². The number of hydrogen-bond donors (Lipinski definition) is 0. The van der Waals surface area contributed by atoms with Crippen LogP contribution in [0, 0.1) is 0 Å². The molecule has 20 heavy (non-hydrogen) atoms. The number of carbonyl (C=O) groups is 1. The number of ketones is 1. The van der Waals surface area contributed by atoms with Crippen LogP contribution >= 0.6 is 22.9 Å². The van der Waals surface area contributed by atoms with Gasteiger partial charge in [0.2, 0.25) is 0 Å². The van der Waals surface area contributed by atoms with E-state index in [1.165, 1.54) is 4.88 Å². The van der Waals surface area contributed by atoms with E-state index in [9.17, 15) is 4.79 Å².